The van der Waals surface area contributed by atoms with Crippen molar-refractivity contribution in [3.63, 3.8) is 0 Å². The number of nitrogens with zero attached hydrogens (tertiary/aromatic N) is 5. The fourth-order valence-electron chi connectivity index (χ4n) is 3.50. The first-order valence-corrected chi connectivity index (χ1v) is 10.6. The van der Waals surface area contributed by atoms with E-state index in [0.29, 0.717) is 28.0 Å². The molecule has 0 bridgehead atoms. The lowest BCUT2D eigenvalue weighted by atomic mass is 10.1. The Morgan fingerprint density at radius 2 is 1.94 bits per heavy atom. The number of nitrogens with two attached hydrogens (primary N) is 1. The molecule has 4 N–H and O–H groups in total. The predicted octanol–water partition coefficient (Wildman–Crippen LogP) is 2.25. The summed E-state index contributed by atoms with van der Waals surface area (Å²) in [4.78, 5) is 42.5. The van der Waals surface area contributed by atoms with Crippen molar-refractivity contribution in [1.82, 2.24) is 24.5 Å². The number of aliphatic hydroxyl groups excluding tert-OH is 1. The molecule has 174 valence electrons. The monoisotopic (exact) mass is 459 g/mol. The second kappa shape index (κ2) is 8.99. The lowest BCUT2D eigenvalue weighted by Gasteiger charge is -2.24. The molecule has 0 aliphatic heterocycles. The summed E-state index contributed by atoms with van der Waals surface area (Å²) in [5.74, 6) is -0.531. The average molecular weight is 460 g/mol. The number of aromatic nitrogens is 5. The zero-order valence-electron chi connectivity index (χ0n) is 19.1. The highest BCUT2D eigenvalue weighted by molar-refractivity contribution is 6.16. The summed E-state index contributed by atoms with van der Waals surface area (Å²) >= 11 is 0. The van der Waals surface area contributed by atoms with Gasteiger partial charge in [0.25, 0.3) is 0 Å². The van der Waals surface area contributed by atoms with Gasteiger partial charge in [-0.1, -0.05) is 6.07 Å². The Hall–Kier alpha value is -4.18. The van der Waals surface area contributed by atoms with E-state index in [1.54, 1.807) is 29.1 Å². The quantitative estimate of drug-likeness (QED) is 0.356. The van der Waals surface area contributed by atoms with Crippen molar-refractivity contribution in [1.29, 1.82) is 0 Å². The summed E-state index contributed by atoms with van der Waals surface area (Å²) in [7, 11) is 0. The van der Waals surface area contributed by atoms with Gasteiger partial charge in [-0.25, -0.2) is 4.98 Å². The third-order valence-electron chi connectivity index (χ3n) is 5.45. The van der Waals surface area contributed by atoms with E-state index in [4.69, 9.17) is 5.73 Å². The van der Waals surface area contributed by atoms with Crippen molar-refractivity contribution >= 4 is 34.4 Å². The van der Waals surface area contributed by atoms with E-state index in [1.165, 1.54) is 18.6 Å². The van der Waals surface area contributed by atoms with Crippen LogP contribution < -0.4 is 11.1 Å². The molecule has 0 atom stereocenters. The molecule has 4 aromatic rings. The van der Waals surface area contributed by atoms with Gasteiger partial charge in [-0.05, 0) is 38.5 Å². The van der Waals surface area contributed by atoms with Crippen molar-refractivity contribution in [2.75, 3.05) is 17.7 Å². The molecule has 4 aromatic heterocycles. The highest BCUT2D eigenvalue weighted by Gasteiger charge is 2.26. The van der Waals surface area contributed by atoms with Gasteiger partial charge in [0.05, 0.1) is 36.0 Å². The van der Waals surface area contributed by atoms with Gasteiger partial charge < -0.3 is 20.7 Å². The zero-order chi connectivity index (χ0) is 24.5. The molecule has 10 heteroatoms. The number of hydrogen-bond donors (Lipinski definition) is 3. The first-order chi connectivity index (χ1) is 16.2. The number of nitrogens with one attached hydrogen (secondary N) is 1. The number of fused-ring (bicyclic) bond motifs is 1. The van der Waals surface area contributed by atoms with Crippen molar-refractivity contribution in [2.24, 2.45) is 0 Å². The molecule has 0 radical (unpaired) electrons. The van der Waals surface area contributed by atoms with Crippen LogP contribution in [0.3, 0.4) is 0 Å². The summed E-state index contributed by atoms with van der Waals surface area (Å²) in [6.45, 7) is 5.39. The molecule has 0 unspecified atom stereocenters. The maximum atomic E-state index is 13.4. The van der Waals surface area contributed by atoms with E-state index < -0.39 is 5.54 Å². The molecule has 0 saturated carbocycles. The number of nitrogen functional groups attached to an aromatic ring is 1. The first-order valence-electron chi connectivity index (χ1n) is 10.6. The van der Waals surface area contributed by atoms with Gasteiger partial charge in [0.15, 0.2) is 5.78 Å². The number of anilines is 2. The maximum Gasteiger partial charge on any atom is 0.230 e. The van der Waals surface area contributed by atoms with Gasteiger partial charge >= 0.3 is 0 Å². The van der Waals surface area contributed by atoms with Crippen LogP contribution in [0.5, 0.6) is 0 Å². The minimum absolute atomic E-state index is 0.0639. The smallest absolute Gasteiger partial charge is 0.230 e. The van der Waals surface area contributed by atoms with E-state index in [-0.39, 0.29) is 36.2 Å². The van der Waals surface area contributed by atoms with Crippen LogP contribution in [-0.2, 0) is 16.8 Å². The van der Waals surface area contributed by atoms with Crippen LogP contribution in [0.15, 0.2) is 49.2 Å². The number of hydrogen-bond acceptors (Lipinski definition) is 8. The summed E-state index contributed by atoms with van der Waals surface area (Å²) in [5.41, 5.74) is 8.14. The fourth-order valence-corrected chi connectivity index (χ4v) is 3.50. The summed E-state index contributed by atoms with van der Waals surface area (Å²) in [6, 6.07) is 5.25. The van der Waals surface area contributed by atoms with Crippen LogP contribution in [0, 0.1) is 6.92 Å². The topological polar surface area (TPSA) is 149 Å². The minimum atomic E-state index is -0.727. The number of rotatable bonds is 7. The number of pyridine rings is 2. The molecule has 0 aromatic carbocycles. The predicted molar refractivity (Wildman–Crippen MR) is 127 cm³/mol. The van der Waals surface area contributed by atoms with Crippen LogP contribution in [0.25, 0.3) is 11.0 Å². The largest absolute Gasteiger partial charge is 0.394 e. The zero-order valence-corrected chi connectivity index (χ0v) is 19.1. The van der Waals surface area contributed by atoms with Crippen LogP contribution in [0.2, 0.25) is 0 Å². The number of carbonyl (C=O) groups excluding carboxylic acids is 2. The summed E-state index contributed by atoms with van der Waals surface area (Å²) in [6.07, 6.45) is 7.82. The lowest BCUT2D eigenvalue weighted by Crippen LogP contribution is -2.30. The Morgan fingerprint density at radius 3 is 2.65 bits per heavy atom. The van der Waals surface area contributed by atoms with Crippen LogP contribution in [0.4, 0.5) is 11.6 Å². The number of carbonyl (C=O) groups is 2. The molecule has 0 aliphatic rings. The maximum absolute atomic E-state index is 13.4. The Kier molecular flexibility index (Phi) is 6.08. The van der Waals surface area contributed by atoms with E-state index in [9.17, 15) is 14.7 Å². The Morgan fingerprint density at radius 1 is 1.15 bits per heavy atom. The molecular formula is C24H25N7O3. The number of aliphatic hydroxyl groups is 1. The normalized spacial score (nSPS) is 11.5. The van der Waals surface area contributed by atoms with Crippen LogP contribution in [0.1, 0.15) is 41.0 Å². The number of ketones is 1. The molecule has 0 aliphatic carbocycles. The van der Waals surface area contributed by atoms with Gasteiger partial charge in [0, 0.05) is 41.4 Å². The Bertz CT molecular complexity index is 1380. The lowest BCUT2D eigenvalue weighted by molar-refractivity contribution is -0.115. The minimum Gasteiger partial charge on any atom is -0.394 e. The van der Waals surface area contributed by atoms with Crippen molar-refractivity contribution in [2.45, 2.75) is 32.7 Å². The fraction of sp³-hybridized carbons (Fsp3) is 0.250. The molecule has 10 nitrogen and oxygen atoms in total. The highest BCUT2D eigenvalue weighted by atomic mass is 16.3. The third kappa shape index (κ3) is 4.62. The number of aryl methyl sites for hydroxylation is 1. The molecule has 0 fully saturated rings. The van der Waals surface area contributed by atoms with Gasteiger partial charge in [0.2, 0.25) is 11.9 Å². The second-order valence-corrected chi connectivity index (χ2v) is 8.69. The Balaban J connectivity index is 1.62. The second-order valence-electron chi connectivity index (χ2n) is 8.69. The van der Waals surface area contributed by atoms with Crippen molar-refractivity contribution < 1.29 is 14.7 Å². The van der Waals surface area contributed by atoms with Crippen molar-refractivity contribution in [3.05, 3.63) is 71.6 Å². The molecule has 1 amide bonds. The van der Waals surface area contributed by atoms with Gasteiger partial charge in [0.1, 0.15) is 5.65 Å². The molecular weight excluding hydrogens is 434 g/mol. The van der Waals surface area contributed by atoms with Crippen molar-refractivity contribution in [3.8, 4) is 0 Å². The third-order valence-corrected chi connectivity index (χ3v) is 5.45. The molecule has 34 heavy (non-hydrogen) atoms. The molecule has 0 saturated heterocycles. The van der Waals surface area contributed by atoms with E-state index >= 15 is 0 Å². The number of amides is 1. The molecule has 0 spiro atoms. The average Bonchev–Trinajstić information content (AvgIpc) is 3.19. The van der Waals surface area contributed by atoms with Gasteiger partial charge in [-0.15, -0.1) is 0 Å². The van der Waals surface area contributed by atoms with E-state index in [1.807, 2.05) is 26.8 Å². The standard InChI is InChI=1S/C24H25N7O3/c1-14-4-5-16(27-8-14)7-20(33)29-17-6-15(9-26-10-17)21(34)19-12-31(24(2,3)13-32)22-18(19)11-28-23(25)30-22/h4-6,8-12,32H,7,13H2,1-3H3,(H,29,33)(H2,25,28,30). The van der Waals surface area contributed by atoms with Crippen LogP contribution >= 0.6 is 0 Å². The van der Waals surface area contributed by atoms with E-state index in [0.717, 1.165) is 5.56 Å². The Labute approximate surface area is 195 Å². The SMILES string of the molecule is Cc1ccc(CC(=O)Nc2cncc(C(=O)c3cn(C(C)(C)CO)c4nc(N)ncc34)c2)nc1. The molecule has 4 heterocycles. The van der Waals surface area contributed by atoms with Gasteiger partial charge in [-0.2, -0.15) is 4.98 Å². The van der Waals surface area contributed by atoms with Crippen LogP contribution in [-0.4, -0.2) is 47.9 Å². The summed E-state index contributed by atoms with van der Waals surface area (Å²) in [5, 5.41) is 13.1. The van der Waals surface area contributed by atoms with Gasteiger partial charge in [-0.3, -0.25) is 19.6 Å². The summed E-state index contributed by atoms with van der Waals surface area (Å²) < 4.78 is 1.71. The first kappa shape index (κ1) is 23.0. The molecule has 4 rings (SSSR count). The van der Waals surface area contributed by atoms with E-state index in [2.05, 4.69) is 25.3 Å². The highest BCUT2D eigenvalue weighted by Crippen LogP contribution is 2.28.